The third kappa shape index (κ3) is 11.1. The summed E-state index contributed by atoms with van der Waals surface area (Å²) in [5.41, 5.74) is 2.28. The number of halogens is 2. The van der Waals surface area contributed by atoms with Gasteiger partial charge in [0.15, 0.2) is 5.82 Å². The highest BCUT2D eigenvalue weighted by molar-refractivity contribution is 5.97. The second kappa shape index (κ2) is 19.1. The predicted molar refractivity (Wildman–Crippen MR) is 216 cm³/mol. The van der Waals surface area contributed by atoms with Crippen molar-refractivity contribution < 1.29 is 32.5 Å². The molecule has 1 aromatic heterocycles. The number of unbranched alkanes of at least 4 members (excludes halogenated alkanes) is 3. The van der Waals surface area contributed by atoms with Crippen LogP contribution in [0, 0.1) is 5.92 Å². The van der Waals surface area contributed by atoms with E-state index >= 15 is 8.78 Å². The number of fused-ring (bicyclic) bond motifs is 1. The Morgan fingerprint density at radius 3 is 2.34 bits per heavy atom. The van der Waals surface area contributed by atoms with Gasteiger partial charge in [-0.25, -0.2) is 13.6 Å². The van der Waals surface area contributed by atoms with E-state index in [2.05, 4.69) is 44.7 Å². The molecule has 2 aliphatic rings. The molecule has 3 aromatic carbocycles. The summed E-state index contributed by atoms with van der Waals surface area (Å²) in [4.78, 5) is 16.3. The number of aromatic nitrogens is 2. The van der Waals surface area contributed by atoms with Gasteiger partial charge in [-0.15, -0.1) is 10.2 Å². The fourth-order valence-corrected chi connectivity index (χ4v) is 7.23. The van der Waals surface area contributed by atoms with E-state index < -0.39 is 23.5 Å². The third-order valence-electron chi connectivity index (χ3n) is 10.4. The zero-order valence-electron chi connectivity index (χ0n) is 33.3. The van der Waals surface area contributed by atoms with E-state index in [0.29, 0.717) is 43.7 Å². The van der Waals surface area contributed by atoms with Crippen molar-refractivity contribution in [3.8, 4) is 5.88 Å². The van der Waals surface area contributed by atoms with Crippen molar-refractivity contribution in [3.63, 3.8) is 0 Å². The van der Waals surface area contributed by atoms with Crippen molar-refractivity contribution >= 4 is 28.4 Å². The Labute approximate surface area is 329 Å². The molecule has 0 bridgehead atoms. The van der Waals surface area contributed by atoms with Crippen LogP contribution in [0.2, 0.25) is 0 Å². The van der Waals surface area contributed by atoms with Crippen molar-refractivity contribution in [1.82, 2.24) is 15.1 Å². The van der Waals surface area contributed by atoms with E-state index in [4.69, 9.17) is 18.9 Å². The predicted octanol–water partition coefficient (Wildman–Crippen LogP) is 9.53. The lowest BCUT2D eigenvalue weighted by Gasteiger charge is -2.36. The largest absolute Gasteiger partial charge is 0.476 e. The number of carbonyl (C=O) groups excluding carboxylic acids is 1. The van der Waals surface area contributed by atoms with E-state index in [1.165, 1.54) is 16.5 Å². The minimum atomic E-state index is -3.06. The van der Waals surface area contributed by atoms with Gasteiger partial charge in [-0.1, -0.05) is 55.0 Å². The summed E-state index contributed by atoms with van der Waals surface area (Å²) in [5, 5.41) is 14.2. The summed E-state index contributed by atoms with van der Waals surface area (Å²) in [7, 11) is 0. The molecule has 0 radical (unpaired) electrons. The Morgan fingerprint density at radius 1 is 0.875 bits per heavy atom. The average molecular weight is 774 g/mol. The van der Waals surface area contributed by atoms with Crippen LogP contribution in [0.25, 0.3) is 10.8 Å². The quantitative estimate of drug-likeness (QED) is 0.112. The minimum Gasteiger partial charge on any atom is -0.476 e. The van der Waals surface area contributed by atoms with Crippen LogP contribution in [0.15, 0.2) is 72.8 Å². The first-order chi connectivity index (χ1) is 27.0. The molecular formula is C44H57F2N5O5. The number of nitrogens with one attached hydrogen (secondary N) is 1. The molecule has 0 saturated carbocycles. The first kappa shape index (κ1) is 41.1. The molecule has 1 N–H and O–H groups in total. The maximum Gasteiger partial charge on any atom is 0.410 e. The summed E-state index contributed by atoms with van der Waals surface area (Å²) in [5.74, 6) is -2.93. The lowest BCUT2D eigenvalue weighted by Crippen LogP contribution is -2.44. The van der Waals surface area contributed by atoms with Gasteiger partial charge in [-0.2, -0.15) is 0 Å². The molecule has 12 heteroatoms. The molecule has 1 atom stereocenters. The molecule has 1 amide bonds. The molecule has 2 fully saturated rings. The lowest BCUT2D eigenvalue weighted by atomic mass is 9.85. The molecule has 0 unspecified atom stereocenters. The molecular weight excluding hydrogens is 717 g/mol. The van der Waals surface area contributed by atoms with Crippen molar-refractivity contribution in [2.75, 3.05) is 62.8 Å². The molecule has 4 aromatic rings. The molecule has 2 aliphatic heterocycles. The number of alkyl halides is 2. The van der Waals surface area contributed by atoms with E-state index in [9.17, 15) is 4.79 Å². The fourth-order valence-electron chi connectivity index (χ4n) is 7.23. The van der Waals surface area contributed by atoms with E-state index in [0.717, 1.165) is 61.8 Å². The maximum absolute atomic E-state index is 16.0. The van der Waals surface area contributed by atoms with Gasteiger partial charge in [-0.3, -0.25) is 0 Å². The number of nitrogens with zero attached hydrogens (tertiary/aromatic N) is 4. The lowest BCUT2D eigenvalue weighted by molar-refractivity contribution is -0.0861. The van der Waals surface area contributed by atoms with Gasteiger partial charge in [0.1, 0.15) is 5.60 Å². The molecule has 10 nitrogen and oxygen atoms in total. The number of carbonyl (C=O) groups is 1. The summed E-state index contributed by atoms with van der Waals surface area (Å²) in [6, 6.07) is 22.7. The molecule has 6 rings (SSSR count). The van der Waals surface area contributed by atoms with Crippen LogP contribution in [0.1, 0.15) is 89.0 Å². The molecule has 3 heterocycles. The number of ether oxygens (including phenoxy) is 4. The van der Waals surface area contributed by atoms with Crippen LogP contribution in [0.5, 0.6) is 5.88 Å². The molecule has 2 saturated heterocycles. The highest BCUT2D eigenvalue weighted by atomic mass is 19.3. The monoisotopic (exact) mass is 773 g/mol. The number of amides is 1. The van der Waals surface area contributed by atoms with Gasteiger partial charge in [0.2, 0.25) is 5.88 Å². The topological polar surface area (TPSA) is 98.3 Å². The van der Waals surface area contributed by atoms with Crippen LogP contribution in [-0.2, 0) is 26.7 Å². The number of hydrogen-bond acceptors (Lipinski definition) is 9. The normalized spacial score (nSPS) is 16.2. The van der Waals surface area contributed by atoms with Gasteiger partial charge in [0.05, 0.1) is 37.9 Å². The smallest absolute Gasteiger partial charge is 0.410 e. The summed E-state index contributed by atoms with van der Waals surface area (Å²) in [6.07, 6.45) is 3.86. The van der Waals surface area contributed by atoms with Crippen LogP contribution < -0.4 is 15.0 Å². The molecule has 302 valence electrons. The number of morpholine rings is 1. The Kier molecular flexibility index (Phi) is 14.0. The van der Waals surface area contributed by atoms with Crippen molar-refractivity contribution in [2.24, 2.45) is 5.92 Å². The highest BCUT2D eigenvalue weighted by Gasteiger charge is 2.44. The molecule has 0 spiro atoms. The van der Waals surface area contributed by atoms with E-state index in [1.807, 2.05) is 37.3 Å². The third-order valence-corrected chi connectivity index (χ3v) is 10.4. The Bertz CT molecular complexity index is 1860. The van der Waals surface area contributed by atoms with Crippen molar-refractivity contribution in [2.45, 2.75) is 90.4 Å². The van der Waals surface area contributed by atoms with Crippen LogP contribution in [-0.4, -0.2) is 79.4 Å². The van der Waals surface area contributed by atoms with Crippen LogP contribution in [0.3, 0.4) is 0 Å². The van der Waals surface area contributed by atoms with E-state index in [1.54, 1.807) is 32.9 Å². The fraction of sp³-hybridized carbons (Fsp3) is 0.523. The minimum absolute atomic E-state index is 0.0334. The number of anilines is 2. The van der Waals surface area contributed by atoms with Gasteiger partial charge < -0.3 is 34.1 Å². The number of benzene rings is 3. The van der Waals surface area contributed by atoms with Crippen molar-refractivity contribution in [1.29, 1.82) is 0 Å². The Hall–Kier alpha value is -4.55. The van der Waals surface area contributed by atoms with E-state index in [-0.39, 0.29) is 37.5 Å². The molecule has 56 heavy (non-hydrogen) atoms. The number of piperidine rings is 1. The Balaban J connectivity index is 1.08. The van der Waals surface area contributed by atoms with Gasteiger partial charge in [-0.05, 0) is 95.2 Å². The van der Waals surface area contributed by atoms with Crippen LogP contribution >= 0.6 is 0 Å². The summed E-state index contributed by atoms with van der Waals surface area (Å²) < 4.78 is 55.2. The number of likely N-dealkylation sites (tertiary alicyclic amines) is 1. The Morgan fingerprint density at radius 2 is 1.61 bits per heavy atom. The van der Waals surface area contributed by atoms with Crippen molar-refractivity contribution in [3.05, 3.63) is 89.5 Å². The van der Waals surface area contributed by atoms with Gasteiger partial charge in [0, 0.05) is 55.3 Å². The first-order valence-corrected chi connectivity index (χ1v) is 20.1. The first-order valence-electron chi connectivity index (χ1n) is 20.1. The summed E-state index contributed by atoms with van der Waals surface area (Å²) >= 11 is 0. The van der Waals surface area contributed by atoms with Gasteiger partial charge >= 0.3 is 6.09 Å². The zero-order chi connectivity index (χ0) is 39.5. The number of rotatable bonds is 16. The second-order valence-electron chi connectivity index (χ2n) is 15.8. The zero-order valence-corrected chi connectivity index (χ0v) is 33.3. The average Bonchev–Trinajstić information content (AvgIpc) is 3.20. The maximum atomic E-state index is 16.0. The highest BCUT2D eigenvalue weighted by Crippen LogP contribution is 2.42. The van der Waals surface area contributed by atoms with Gasteiger partial charge in [0.25, 0.3) is 5.92 Å². The SMILES string of the molecule is C[C@@H](Nc1nnc(OCCCCCCOCc2ccccc2)c2cc(N3CCOCC3)ccc12)c1cccc(C(F)(F)C2CCN(C(=O)OC(C)(C)C)CC2)c1. The second-order valence-corrected chi connectivity index (χ2v) is 15.8. The molecule has 0 aliphatic carbocycles. The summed E-state index contributed by atoms with van der Waals surface area (Å²) in [6.45, 7) is 12.6. The standard InChI is InChI=1S/C44H57F2N5O5/c1-32(34-15-12-16-36(29-34)44(45,46)35-19-21-51(22-20-35)42(52)56-43(2,3)4)47-40-38-18-17-37(50-23-27-53-28-24-50)30-39(38)41(49-48-40)55-26-11-6-5-10-25-54-31-33-13-8-7-9-14-33/h7-9,12-18,29-30,32,35H,5-6,10-11,19-28,31H2,1-4H3,(H,47,48)/t32-/m1/s1. The van der Waals surface area contributed by atoms with Crippen LogP contribution in [0.4, 0.5) is 25.1 Å². The number of hydrogen-bond donors (Lipinski definition) is 1.